The van der Waals surface area contributed by atoms with Gasteiger partial charge in [-0.25, -0.2) is 0 Å². The van der Waals surface area contributed by atoms with Crippen LogP contribution in [0.3, 0.4) is 0 Å². The molecule has 0 unspecified atom stereocenters. The summed E-state index contributed by atoms with van der Waals surface area (Å²) in [6.45, 7) is 2.72. The van der Waals surface area contributed by atoms with Crippen molar-refractivity contribution in [2.24, 2.45) is 0 Å². The topological polar surface area (TPSA) is 86.6 Å². The zero-order valence-electron chi connectivity index (χ0n) is 10.4. The minimum absolute atomic E-state index is 0.370. The molecule has 5 heteroatoms. The average Bonchev–Trinajstić information content (AvgIpc) is 2.25. The summed E-state index contributed by atoms with van der Waals surface area (Å²) in [5, 5.41) is 20.1. The lowest BCUT2D eigenvalue weighted by Gasteiger charge is -2.11. The van der Waals surface area contributed by atoms with Crippen LogP contribution >= 0.6 is 0 Å². The Morgan fingerprint density at radius 1 is 1.06 bits per heavy atom. The molecule has 0 rings (SSSR count). The highest BCUT2D eigenvalue weighted by Gasteiger charge is 2.19. The molecule has 0 radical (unpaired) electrons. The van der Waals surface area contributed by atoms with E-state index in [0.29, 0.717) is 6.54 Å². The smallest absolute Gasteiger partial charge is 0.321 e. The van der Waals surface area contributed by atoms with Crippen molar-refractivity contribution in [3.63, 3.8) is 0 Å². The second kappa shape index (κ2) is 10.1. The quantitative estimate of drug-likeness (QED) is 0.484. The highest BCUT2D eigenvalue weighted by Crippen LogP contribution is 2.04. The first-order chi connectivity index (χ1) is 8.07. The summed E-state index contributed by atoms with van der Waals surface area (Å²) in [7, 11) is 0. The van der Waals surface area contributed by atoms with Crippen molar-refractivity contribution in [3.8, 4) is 0 Å². The van der Waals surface area contributed by atoms with E-state index >= 15 is 0 Å². The van der Waals surface area contributed by atoms with Crippen LogP contribution < -0.4 is 5.32 Å². The highest BCUT2D eigenvalue weighted by atomic mass is 16.4. The molecule has 0 aromatic carbocycles. The predicted octanol–water partition coefficient (Wildman–Crippen LogP) is 1.86. The number of aliphatic carboxylic acids is 2. The van der Waals surface area contributed by atoms with Gasteiger partial charge in [-0.1, -0.05) is 39.0 Å². The first kappa shape index (κ1) is 15.9. The van der Waals surface area contributed by atoms with Gasteiger partial charge in [-0.2, -0.15) is 0 Å². The van der Waals surface area contributed by atoms with Gasteiger partial charge < -0.3 is 15.5 Å². The Morgan fingerprint density at radius 2 is 1.65 bits per heavy atom. The van der Waals surface area contributed by atoms with Gasteiger partial charge in [0.05, 0.1) is 6.42 Å². The van der Waals surface area contributed by atoms with Gasteiger partial charge in [-0.05, 0) is 13.0 Å². The molecule has 0 bridgehead atoms. The fraction of sp³-hybridized carbons (Fsp3) is 0.833. The van der Waals surface area contributed by atoms with Crippen molar-refractivity contribution < 1.29 is 19.8 Å². The summed E-state index contributed by atoms with van der Waals surface area (Å²) < 4.78 is 0. The van der Waals surface area contributed by atoms with Crippen LogP contribution in [-0.2, 0) is 9.59 Å². The van der Waals surface area contributed by atoms with Crippen molar-refractivity contribution in [1.82, 2.24) is 5.32 Å². The van der Waals surface area contributed by atoms with E-state index in [1.807, 2.05) is 0 Å². The molecule has 17 heavy (non-hydrogen) atoms. The SMILES string of the molecule is CCCCCCCCN[C@H](CC(=O)O)C(=O)O. The zero-order chi connectivity index (χ0) is 13.1. The minimum atomic E-state index is -1.10. The van der Waals surface area contributed by atoms with Gasteiger partial charge in [0.25, 0.3) is 0 Å². The Bertz CT molecular complexity index is 231. The molecule has 0 aliphatic carbocycles. The molecule has 1 atom stereocenters. The Kier molecular flexibility index (Phi) is 9.43. The van der Waals surface area contributed by atoms with Crippen molar-refractivity contribution in [2.45, 2.75) is 57.9 Å². The molecule has 5 nitrogen and oxygen atoms in total. The molecule has 3 N–H and O–H groups in total. The summed E-state index contributed by atoms with van der Waals surface area (Å²) >= 11 is 0. The monoisotopic (exact) mass is 245 g/mol. The minimum Gasteiger partial charge on any atom is -0.481 e. The van der Waals surface area contributed by atoms with Crippen molar-refractivity contribution in [3.05, 3.63) is 0 Å². The van der Waals surface area contributed by atoms with Gasteiger partial charge in [0.2, 0.25) is 0 Å². The molecule has 0 aromatic heterocycles. The van der Waals surface area contributed by atoms with E-state index in [1.165, 1.54) is 19.3 Å². The van der Waals surface area contributed by atoms with Gasteiger partial charge in [0, 0.05) is 0 Å². The molecule has 0 heterocycles. The van der Waals surface area contributed by atoms with Gasteiger partial charge in [-0.3, -0.25) is 9.59 Å². The third kappa shape index (κ3) is 9.81. The van der Waals surface area contributed by atoms with E-state index in [4.69, 9.17) is 10.2 Å². The van der Waals surface area contributed by atoms with E-state index in [0.717, 1.165) is 19.3 Å². The van der Waals surface area contributed by atoms with Crippen LogP contribution in [-0.4, -0.2) is 34.7 Å². The summed E-state index contributed by atoms with van der Waals surface area (Å²) in [6, 6.07) is -0.969. The largest absolute Gasteiger partial charge is 0.481 e. The van der Waals surface area contributed by atoms with Crippen molar-refractivity contribution >= 4 is 11.9 Å². The maximum Gasteiger partial charge on any atom is 0.321 e. The molecule has 0 aromatic rings. The third-order valence-corrected chi connectivity index (χ3v) is 2.60. The summed E-state index contributed by atoms with van der Waals surface area (Å²) in [4.78, 5) is 21.1. The van der Waals surface area contributed by atoms with E-state index < -0.39 is 18.0 Å². The highest BCUT2D eigenvalue weighted by molar-refractivity contribution is 5.80. The lowest BCUT2D eigenvalue weighted by molar-refractivity contribution is -0.145. The van der Waals surface area contributed by atoms with Crippen molar-refractivity contribution in [2.75, 3.05) is 6.54 Å². The van der Waals surface area contributed by atoms with Crippen molar-refractivity contribution in [1.29, 1.82) is 0 Å². The van der Waals surface area contributed by atoms with E-state index in [-0.39, 0.29) is 6.42 Å². The predicted molar refractivity (Wildman–Crippen MR) is 65.1 cm³/mol. The number of carboxylic acids is 2. The van der Waals surface area contributed by atoms with Gasteiger partial charge >= 0.3 is 11.9 Å². The Balaban J connectivity index is 3.55. The number of carboxylic acid groups (broad SMARTS) is 2. The Hall–Kier alpha value is -1.10. The number of hydrogen-bond donors (Lipinski definition) is 3. The number of hydrogen-bond acceptors (Lipinski definition) is 3. The van der Waals surface area contributed by atoms with Gasteiger partial charge in [0.1, 0.15) is 6.04 Å². The Morgan fingerprint density at radius 3 is 2.18 bits per heavy atom. The fourth-order valence-electron chi connectivity index (χ4n) is 1.60. The van der Waals surface area contributed by atoms with Crippen LogP contribution in [0, 0.1) is 0 Å². The number of unbranched alkanes of at least 4 members (excludes halogenated alkanes) is 5. The maximum atomic E-state index is 10.7. The van der Waals surface area contributed by atoms with Crippen LogP contribution in [0.4, 0.5) is 0 Å². The molecule has 0 amide bonds. The normalized spacial score (nSPS) is 12.3. The second-order valence-electron chi connectivity index (χ2n) is 4.21. The van der Waals surface area contributed by atoms with Crippen LogP contribution in [0.2, 0.25) is 0 Å². The molecule has 0 fully saturated rings. The van der Waals surface area contributed by atoms with Crippen LogP contribution in [0.1, 0.15) is 51.9 Å². The molecular formula is C12H23NO4. The summed E-state index contributed by atoms with van der Waals surface area (Å²) in [5.74, 6) is -2.19. The number of rotatable bonds is 11. The lowest BCUT2D eigenvalue weighted by Crippen LogP contribution is -2.39. The van der Waals surface area contributed by atoms with E-state index in [2.05, 4.69) is 12.2 Å². The standard InChI is InChI=1S/C12H23NO4/c1-2-3-4-5-6-7-8-13-10(12(16)17)9-11(14)15/h10,13H,2-9H2,1H3,(H,14,15)(H,16,17)/t10-/m1/s1. The van der Waals surface area contributed by atoms with E-state index in [9.17, 15) is 9.59 Å². The summed E-state index contributed by atoms with van der Waals surface area (Å²) in [6.07, 6.45) is 6.41. The van der Waals surface area contributed by atoms with Crippen LogP contribution in [0.25, 0.3) is 0 Å². The molecular weight excluding hydrogens is 222 g/mol. The van der Waals surface area contributed by atoms with E-state index in [1.54, 1.807) is 0 Å². The summed E-state index contributed by atoms with van der Waals surface area (Å²) in [5.41, 5.74) is 0. The average molecular weight is 245 g/mol. The number of carbonyl (C=O) groups is 2. The van der Waals surface area contributed by atoms with Crippen LogP contribution in [0.15, 0.2) is 0 Å². The van der Waals surface area contributed by atoms with Gasteiger partial charge in [-0.15, -0.1) is 0 Å². The molecule has 0 saturated carbocycles. The lowest BCUT2D eigenvalue weighted by atomic mass is 10.1. The molecule has 0 spiro atoms. The molecule has 0 aliphatic rings. The number of nitrogens with one attached hydrogen (secondary N) is 1. The third-order valence-electron chi connectivity index (χ3n) is 2.60. The van der Waals surface area contributed by atoms with Crippen LogP contribution in [0.5, 0.6) is 0 Å². The first-order valence-corrected chi connectivity index (χ1v) is 6.26. The molecule has 0 aliphatic heterocycles. The molecule has 0 saturated heterocycles. The second-order valence-corrected chi connectivity index (χ2v) is 4.21. The molecule has 100 valence electrons. The maximum absolute atomic E-state index is 10.7. The zero-order valence-corrected chi connectivity index (χ0v) is 10.4. The first-order valence-electron chi connectivity index (χ1n) is 6.26. The Labute approximate surface area is 102 Å². The fourth-order valence-corrected chi connectivity index (χ4v) is 1.60. The van der Waals surface area contributed by atoms with Gasteiger partial charge in [0.15, 0.2) is 0 Å².